The van der Waals surface area contributed by atoms with E-state index in [4.69, 9.17) is 5.11 Å². The molecule has 1 aliphatic carbocycles. The predicted octanol–water partition coefficient (Wildman–Crippen LogP) is 4.38. The van der Waals surface area contributed by atoms with E-state index in [0.29, 0.717) is 16.4 Å². The highest BCUT2D eigenvalue weighted by Crippen LogP contribution is 2.40. The average molecular weight is 293 g/mol. The van der Waals surface area contributed by atoms with Gasteiger partial charge in [0, 0.05) is 17.0 Å². The molecule has 1 aromatic heterocycles. The molecule has 1 N–H and O–H groups in total. The Balaban J connectivity index is 2.00. The smallest absolute Gasteiger partial charge is 0.187 e. The summed E-state index contributed by atoms with van der Waals surface area (Å²) in [6.07, 6.45) is 5.21. The fourth-order valence-electron chi connectivity index (χ4n) is 2.07. The van der Waals surface area contributed by atoms with Gasteiger partial charge in [0.05, 0.1) is 0 Å². The van der Waals surface area contributed by atoms with Crippen LogP contribution in [-0.2, 0) is 0 Å². The molecule has 0 bridgehead atoms. The Labute approximate surface area is 119 Å². The maximum atomic E-state index is 13.5. The first-order valence-electron chi connectivity index (χ1n) is 6.45. The van der Waals surface area contributed by atoms with Gasteiger partial charge in [-0.2, -0.15) is 0 Å². The zero-order valence-electron chi connectivity index (χ0n) is 10.6. The van der Waals surface area contributed by atoms with Gasteiger partial charge in [0.15, 0.2) is 17.4 Å². The maximum Gasteiger partial charge on any atom is 0.187 e. The summed E-state index contributed by atoms with van der Waals surface area (Å²) in [7, 11) is 0. The van der Waals surface area contributed by atoms with E-state index in [1.165, 1.54) is 6.42 Å². The number of pyridine rings is 1. The van der Waals surface area contributed by atoms with Crippen molar-refractivity contribution in [1.82, 2.24) is 4.98 Å². The largest absolute Gasteiger partial charge is 0.503 e. The topological polar surface area (TPSA) is 33.1 Å². The third kappa shape index (κ3) is 2.50. The zero-order chi connectivity index (χ0) is 14.1. The van der Waals surface area contributed by atoms with Crippen LogP contribution >= 0.6 is 11.8 Å². The molecule has 1 saturated carbocycles. The standard InChI is InChI=1S/C15H13F2NOS/c16-12-7-9(8-13(17)14(12)19)11-5-2-6-18-15(11)20-10-3-1-4-10/h2,5-8,10,19H,1,3-4H2. The Morgan fingerprint density at radius 3 is 2.50 bits per heavy atom. The lowest BCUT2D eigenvalue weighted by atomic mass is 10.00. The van der Waals surface area contributed by atoms with Gasteiger partial charge < -0.3 is 5.11 Å². The van der Waals surface area contributed by atoms with Gasteiger partial charge in [-0.15, -0.1) is 11.8 Å². The first kappa shape index (κ1) is 13.4. The van der Waals surface area contributed by atoms with E-state index in [2.05, 4.69) is 4.98 Å². The van der Waals surface area contributed by atoms with Gasteiger partial charge in [0.2, 0.25) is 0 Å². The lowest BCUT2D eigenvalue weighted by molar-refractivity contribution is 0.396. The van der Waals surface area contributed by atoms with Gasteiger partial charge in [-0.05, 0) is 36.6 Å². The van der Waals surface area contributed by atoms with E-state index in [0.717, 1.165) is 30.0 Å². The minimum Gasteiger partial charge on any atom is -0.503 e. The highest BCUT2D eigenvalue weighted by molar-refractivity contribution is 8.00. The number of hydrogen-bond acceptors (Lipinski definition) is 3. The molecule has 0 unspecified atom stereocenters. The van der Waals surface area contributed by atoms with Crippen molar-refractivity contribution in [2.45, 2.75) is 29.5 Å². The quantitative estimate of drug-likeness (QED) is 0.911. The number of nitrogens with zero attached hydrogens (tertiary/aromatic N) is 1. The second kappa shape index (κ2) is 5.40. The van der Waals surface area contributed by atoms with Crippen molar-refractivity contribution in [2.75, 3.05) is 0 Å². The summed E-state index contributed by atoms with van der Waals surface area (Å²) in [5, 5.41) is 10.5. The Hall–Kier alpha value is -1.62. The Morgan fingerprint density at radius 2 is 1.90 bits per heavy atom. The fraction of sp³-hybridized carbons (Fsp3) is 0.267. The second-order valence-electron chi connectivity index (χ2n) is 4.82. The molecule has 3 rings (SSSR count). The third-order valence-corrected chi connectivity index (χ3v) is 4.78. The van der Waals surface area contributed by atoms with Crippen LogP contribution in [-0.4, -0.2) is 15.3 Å². The van der Waals surface area contributed by atoms with E-state index in [1.807, 2.05) is 0 Å². The van der Waals surface area contributed by atoms with Gasteiger partial charge in [-0.25, -0.2) is 13.8 Å². The number of phenols is 1. The number of aromatic nitrogens is 1. The number of rotatable bonds is 3. The number of halogens is 2. The summed E-state index contributed by atoms with van der Waals surface area (Å²) in [5.74, 6) is -2.85. The molecule has 0 saturated heterocycles. The SMILES string of the molecule is Oc1c(F)cc(-c2cccnc2SC2CCC2)cc1F. The van der Waals surface area contributed by atoms with Crippen molar-refractivity contribution in [3.63, 3.8) is 0 Å². The zero-order valence-corrected chi connectivity index (χ0v) is 11.5. The minimum absolute atomic E-state index is 0.396. The summed E-state index contributed by atoms with van der Waals surface area (Å²) >= 11 is 1.65. The molecule has 2 nitrogen and oxygen atoms in total. The molecule has 5 heteroatoms. The molecule has 1 heterocycles. The summed E-state index contributed by atoms with van der Waals surface area (Å²) in [6, 6.07) is 5.81. The molecule has 1 aliphatic rings. The highest BCUT2D eigenvalue weighted by Gasteiger charge is 2.21. The molecule has 0 radical (unpaired) electrons. The van der Waals surface area contributed by atoms with Crippen LogP contribution in [0.25, 0.3) is 11.1 Å². The minimum atomic E-state index is -0.955. The highest BCUT2D eigenvalue weighted by atomic mass is 32.2. The number of phenolic OH excluding ortho intramolecular Hbond substituents is 1. The molecule has 2 aromatic rings. The predicted molar refractivity (Wildman–Crippen MR) is 74.7 cm³/mol. The van der Waals surface area contributed by atoms with Crippen LogP contribution in [0.4, 0.5) is 8.78 Å². The Morgan fingerprint density at radius 1 is 1.20 bits per heavy atom. The summed E-state index contributed by atoms with van der Waals surface area (Å²) in [5.41, 5.74) is 1.09. The summed E-state index contributed by atoms with van der Waals surface area (Å²) < 4.78 is 27.0. The summed E-state index contributed by atoms with van der Waals surface area (Å²) in [6.45, 7) is 0. The number of benzene rings is 1. The van der Waals surface area contributed by atoms with Crippen LogP contribution in [0, 0.1) is 11.6 Å². The van der Waals surface area contributed by atoms with E-state index in [9.17, 15) is 8.78 Å². The van der Waals surface area contributed by atoms with Crippen LogP contribution in [0.3, 0.4) is 0 Å². The first-order valence-corrected chi connectivity index (χ1v) is 7.33. The van der Waals surface area contributed by atoms with Crippen LogP contribution in [0.2, 0.25) is 0 Å². The second-order valence-corrected chi connectivity index (χ2v) is 6.10. The third-order valence-electron chi connectivity index (χ3n) is 3.43. The molecule has 0 atom stereocenters. The molecule has 0 aliphatic heterocycles. The monoisotopic (exact) mass is 293 g/mol. The maximum absolute atomic E-state index is 13.5. The normalized spacial score (nSPS) is 15.1. The van der Waals surface area contributed by atoms with Crippen molar-refractivity contribution in [3.8, 4) is 16.9 Å². The molecule has 0 amide bonds. The van der Waals surface area contributed by atoms with Gasteiger partial charge in [0.1, 0.15) is 5.03 Å². The first-order chi connectivity index (χ1) is 9.65. The van der Waals surface area contributed by atoms with E-state index < -0.39 is 17.4 Å². The lowest BCUT2D eigenvalue weighted by Crippen LogP contribution is -2.13. The Bertz CT molecular complexity index is 621. The van der Waals surface area contributed by atoms with Gasteiger partial charge in [0.25, 0.3) is 0 Å². The molecule has 0 spiro atoms. The molecular formula is C15H13F2NOS. The molecule has 1 fully saturated rings. The van der Waals surface area contributed by atoms with Crippen LogP contribution < -0.4 is 0 Å². The van der Waals surface area contributed by atoms with E-state index in [-0.39, 0.29) is 0 Å². The number of thioether (sulfide) groups is 1. The van der Waals surface area contributed by atoms with E-state index in [1.54, 1.807) is 30.1 Å². The van der Waals surface area contributed by atoms with Crippen molar-refractivity contribution < 1.29 is 13.9 Å². The molecule has 1 aromatic carbocycles. The average Bonchev–Trinajstić information content (AvgIpc) is 2.40. The van der Waals surface area contributed by atoms with E-state index >= 15 is 0 Å². The van der Waals surface area contributed by atoms with Gasteiger partial charge >= 0.3 is 0 Å². The lowest BCUT2D eigenvalue weighted by Gasteiger charge is -2.24. The van der Waals surface area contributed by atoms with Crippen molar-refractivity contribution in [1.29, 1.82) is 0 Å². The van der Waals surface area contributed by atoms with Gasteiger partial charge in [-0.1, -0.05) is 12.5 Å². The fourth-order valence-corrected chi connectivity index (χ4v) is 3.39. The van der Waals surface area contributed by atoms with Gasteiger partial charge in [-0.3, -0.25) is 0 Å². The van der Waals surface area contributed by atoms with Crippen molar-refractivity contribution >= 4 is 11.8 Å². The van der Waals surface area contributed by atoms with Crippen LogP contribution in [0.1, 0.15) is 19.3 Å². The molecule has 104 valence electrons. The Kier molecular flexibility index (Phi) is 3.61. The molecular weight excluding hydrogens is 280 g/mol. The van der Waals surface area contributed by atoms with Crippen molar-refractivity contribution in [3.05, 3.63) is 42.1 Å². The summed E-state index contributed by atoms with van der Waals surface area (Å²) in [4.78, 5) is 4.31. The molecule has 20 heavy (non-hydrogen) atoms. The van der Waals surface area contributed by atoms with Crippen LogP contribution in [0.15, 0.2) is 35.5 Å². The number of aromatic hydroxyl groups is 1. The van der Waals surface area contributed by atoms with Crippen LogP contribution in [0.5, 0.6) is 5.75 Å². The number of hydrogen-bond donors (Lipinski definition) is 1. The van der Waals surface area contributed by atoms with Crippen molar-refractivity contribution in [2.24, 2.45) is 0 Å².